The van der Waals surface area contributed by atoms with Gasteiger partial charge in [-0.15, -0.1) is 17.3 Å². The molecule has 0 spiro atoms. The number of rotatable bonds is 7. The first kappa shape index (κ1) is 18.0. The lowest BCUT2D eigenvalue weighted by molar-refractivity contribution is -0.113. The van der Waals surface area contributed by atoms with Gasteiger partial charge in [0.2, 0.25) is 5.91 Å². The van der Waals surface area contributed by atoms with Crippen LogP contribution in [0.1, 0.15) is 13.8 Å². The number of carbonyl (C=O) groups is 1. The molecule has 2 aromatic rings. The summed E-state index contributed by atoms with van der Waals surface area (Å²) < 4.78 is 7.19. The van der Waals surface area contributed by atoms with Gasteiger partial charge in [0.1, 0.15) is 5.69 Å². The minimum Gasteiger partial charge on any atom is -0.475 e. The largest absolute Gasteiger partial charge is 0.475 e. The van der Waals surface area contributed by atoms with Crippen LogP contribution in [-0.2, 0) is 16.6 Å². The molecule has 0 bridgehead atoms. The number of anilines is 1. The molecule has 0 saturated heterocycles. The van der Waals surface area contributed by atoms with E-state index in [9.17, 15) is 4.79 Å². The van der Waals surface area contributed by atoms with Gasteiger partial charge in [-0.2, -0.15) is 0 Å². The standard InChI is InChI=1S/C15H20N3O2PS2/c1-3-20-15-13(16-14(19)11-21(22,23)4-2)10-18(17-15)12-8-6-5-7-9-12/h5-10H,3-4,11H2,1-2H3,(H,16,19)(H,22,23). The molecule has 0 aliphatic rings. The molecule has 23 heavy (non-hydrogen) atoms. The van der Waals surface area contributed by atoms with E-state index in [-0.39, 0.29) is 12.1 Å². The van der Waals surface area contributed by atoms with E-state index in [1.54, 1.807) is 10.9 Å². The van der Waals surface area contributed by atoms with Crippen LogP contribution in [-0.4, -0.2) is 34.6 Å². The average molecular weight is 369 g/mol. The van der Waals surface area contributed by atoms with Crippen molar-refractivity contribution in [3.05, 3.63) is 36.5 Å². The minimum absolute atomic E-state index is 0.154. The molecule has 1 aromatic heterocycles. The topological polar surface area (TPSA) is 56.1 Å². The molecule has 0 radical (unpaired) electrons. The van der Waals surface area contributed by atoms with E-state index in [1.165, 1.54) is 0 Å². The quantitative estimate of drug-likeness (QED) is 0.579. The summed E-state index contributed by atoms with van der Waals surface area (Å²) in [6.07, 6.45) is 2.73. The van der Waals surface area contributed by atoms with Crippen LogP contribution in [0.3, 0.4) is 0 Å². The second kappa shape index (κ2) is 7.99. The van der Waals surface area contributed by atoms with Gasteiger partial charge in [-0.1, -0.05) is 36.9 Å². The molecule has 1 heterocycles. The highest BCUT2D eigenvalue weighted by Gasteiger charge is 2.18. The minimum atomic E-state index is -1.90. The summed E-state index contributed by atoms with van der Waals surface area (Å²) >= 11 is 9.80. The average Bonchev–Trinajstić information content (AvgIpc) is 2.91. The molecule has 0 aliphatic heterocycles. The molecule has 1 N–H and O–H groups in total. The Kier molecular flexibility index (Phi) is 6.27. The van der Waals surface area contributed by atoms with Crippen LogP contribution in [0.5, 0.6) is 5.88 Å². The molecule has 8 heteroatoms. The summed E-state index contributed by atoms with van der Waals surface area (Å²) in [7, 11) is 0. The number of nitrogens with zero attached hydrogens (tertiary/aromatic N) is 2. The molecule has 2 rings (SSSR count). The van der Waals surface area contributed by atoms with Crippen LogP contribution in [0.4, 0.5) is 5.69 Å². The fourth-order valence-electron chi connectivity index (χ4n) is 1.93. The Morgan fingerprint density at radius 3 is 2.70 bits per heavy atom. The number of ether oxygens (including phenoxy) is 1. The first-order valence-corrected chi connectivity index (χ1v) is 11.7. The van der Waals surface area contributed by atoms with Gasteiger partial charge in [0.25, 0.3) is 5.88 Å². The molecule has 5 nitrogen and oxygen atoms in total. The van der Waals surface area contributed by atoms with Gasteiger partial charge in [0, 0.05) is 5.24 Å². The number of nitrogens with one attached hydrogen (secondary N) is 1. The highest BCUT2D eigenvalue weighted by atomic mass is 32.9. The van der Waals surface area contributed by atoms with Crippen molar-refractivity contribution in [1.82, 2.24) is 9.78 Å². The van der Waals surface area contributed by atoms with Crippen molar-refractivity contribution >= 4 is 40.9 Å². The Bertz CT molecular complexity index is 719. The Balaban J connectivity index is 2.22. The van der Waals surface area contributed by atoms with E-state index in [0.717, 1.165) is 11.8 Å². The number of para-hydroxylation sites is 1. The summed E-state index contributed by atoms with van der Waals surface area (Å²) in [6.45, 7) is 4.30. The van der Waals surface area contributed by atoms with Crippen LogP contribution < -0.4 is 10.1 Å². The lowest BCUT2D eigenvalue weighted by Crippen LogP contribution is -2.16. The van der Waals surface area contributed by atoms with Crippen LogP contribution in [0.15, 0.2) is 36.5 Å². The maximum absolute atomic E-state index is 12.2. The van der Waals surface area contributed by atoms with Crippen LogP contribution >= 0.6 is 17.5 Å². The zero-order valence-electron chi connectivity index (χ0n) is 13.1. The maximum atomic E-state index is 12.2. The maximum Gasteiger partial charge on any atom is 0.257 e. The normalized spacial score (nSPS) is 13.3. The van der Waals surface area contributed by atoms with Gasteiger partial charge in [-0.05, 0) is 25.2 Å². The Hall–Kier alpha value is -1.30. The number of benzene rings is 1. The third-order valence-electron chi connectivity index (χ3n) is 3.14. The van der Waals surface area contributed by atoms with Crippen LogP contribution in [0, 0.1) is 0 Å². The SMILES string of the molecule is CCOc1nn(-c2ccccc2)cc1NC(=O)CP(=S)(S)CC. The number of hydrogen-bond acceptors (Lipinski definition) is 4. The number of aromatic nitrogens is 2. The fourth-order valence-corrected chi connectivity index (χ4v) is 3.41. The lowest BCUT2D eigenvalue weighted by atomic mass is 10.3. The Labute approximate surface area is 146 Å². The molecular formula is C15H20N3O2PS2. The predicted molar refractivity (Wildman–Crippen MR) is 102 cm³/mol. The molecule has 0 saturated carbocycles. The van der Waals surface area contributed by atoms with Gasteiger partial charge in [-0.3, -0.25) is 4.79 Å². The number of thiol groups is 1. The van der Waals surface area contributed by atoms with Gasteiger partial charge >= 0.3 is 0 Å². The van der Waals surface area contributed by atoms with Gasteiger partial charge in [0.15, 0.2) is 0 Å². The highest BCUT2D eigenvalue weighted by Crippen LogP contribution is 2.50. The zero-order chi connectivity index (χ0) is 16.9. The first-order valence-electron chi connectivity index (χ1n) is 7.33. The zero-order valence-corrected chi connectivity index (χ0v) is 15.7. The fraction of sp³-hybridized carbons (Fsp3) is 0.333. The summed E-state index contributed by atoms with van der Waals surface area (Å²) in [4.78, 5) is 12.2. The monoisotopic (exact) mass is 369 g/mol. The van der Waals surface area contributed by atoms with E-state index >= 15 is 0 Å². The van der Waals surface area contributed by atoms with E-state index in [2.05, 4.69) is 22.7 Å². The molecule has 124 valence electrons. The van der Waals surface area contributed by atoms with Gasteiger partial charge in [0.05, 0.1) is 24.7 Å². The van der Waals surface area contributed by atoms with Crippen molar-refractivity contribution in [1.29, 1.82) is 0 Å². The molecule has 0 fully saturated rings. The van der Waals surface area contributed by atoms with Crippen LogP contribution in [0.2, 0.25) is 0 Å². The van der Waals surface area contributed by atoms with Crippen molar-refractivity contribution < 1.29 is 9.53 Å². The van der Waals surface area contributed by atoms with E-state index < -0.39 is 5.24 Å². The van der Waals surface area contributed by atoms with E-state index in [4.69, 9.17) is 16.5 Å². The Morgan fingerprint density at radius 1 is 1.39 bits per heavy atom. The van der Waals surface area contributed by atoms with E-state index in [1.807, 2.05) is 44.2 Å². The second-order valence-electron chi connectivity index (χ2n) is 4.93. The Morgan fingerprint density at radius 2 is 2.09 bits per heavy atom. The molecular weight excluding hydrogens is 349 g/mol. The smallest absolute Gasteiger partial charge is 0.257 e. The van der Waals surface area contributed by atoms with Crippen molar-refractivity contribution in [3.8, 4) is 11.6 Å². The molecule has 1 amide bonds. The summed E-state index contributed by atoms with van der Waals surface area (Å²) in [6, 6.07) is 9.64. The summed E-state index contributed by atoms with van der Waals surface area (Å²) in [5.41, 5.74) is 1.43. The highest BCUT2D eigenvalue weighted by molar-refractivity contribution is 8.63. The van der Waals surface area contributed by atoms with Crippen molar-refractivity contribution in [3.63, 3.8) is 0 Å². The number of carbonyl (C=O) groups excluding carboxylic acids is 1. The molecule has 1 atom stereocenters. The molecule has 1 unspecified atom stereocenters. The first-order chi connectivity index (χ1) is 10.9. The predicted octanol–water partition coefficient (Wildman–Crippen LogP) is 3.55. The lowest BCUT2D eigenvalue weighted by Gasteiger charge is -2.12. The van der Waals surface area contributed by atoms with Gasteiger partial charge in [-0.25, -0.2) is 4.68 Å². The number of amides is 1. The number of hydrogen-bond donors (Lipinski definition) is 2. The van der Waals surface area contributed by atoms with E-state index in [0.29, 0.717) is 18.2 Å². The molecule has 0 aliphatic carbocycles. The summed E-state index contributed by atoms with van der Waals surface area (Å²) in [5, 5.41) is 5.32. The van der Waals surface area contributed by atoms with Crippen molar-refractivity contribution in [2.24, 2.45) is 0 Å². The van der Waals surface area contributed by atoms with Gasteiger partial charge < -0.3 is 10.1 Å². The third-order valence-corrected chi connectivity index (χ3v) is 7.35. The third kappa shape index (κ3) is 5.09. The van der Waals surface area contributed by atoms with Crippen molar-refractivity contribution in [2.45, 2.75) is 13.8 Å². The van der Waals surface area contributed by atoms with Crippen molar-refractivity contribution in [2.75, 3.05) is 24.2 Å². The molecule has 1 aromatic carbocycles. The summed E-state index contributed by atoms with van der Waals surface area (Å²) in [5.74, 6) is 0.243. The van der Waals surface area contributed by atoms with Crippen LogP contribution in [0.25, 0.3) is 5.69 Å². The second-order valence-corrected chi connectivity index (χ2v) is 12.8.